The van der Waals surface area contributed by atoms with Gasteiger partial charge in [0.15, 0.2) is 0 Å². The number of alkyl halides is 4. The number of amides is 1. The van der Waals surface area contributed by atoms with E-state index in [0.717, 1.165) is 18.6 Å². The van der Waals surface area contributed by atoms with Gasteiger partial charge < -0.3 is 10.1 Å². The number of aryl methyl sites for hydroxylation is 1. The number of benzene rings is 2. The molecule has 0 saturated heterocycles. The van der Waals surface area contributed by atoms with Gasteiger partial charge in [0.25, 0.3) is 11.8 Å². The normalized spacial score (nSPS) is 13.9. The summed E-state index contributed by atoms with van der Waals surface area (Å²) in [4.78, 5) is 13.1. The summed E-state index contributed by atoms with van der Waals surface area (Å²) in [6.45, 7) is -0.402. The van der Waals surface area contributed by atoms with Crippen molar-refractivity contribution in [2.45, 2.75) is 31.6 Å². The first-order valence-electron chi connectivity index (χ1n) is 10.2. The van der Waals surface area contributed by atoms with Crippen LogP contribution in [0.5, 0.6) is 11.6 Å². The Labute approximate surface area is 202 Å². The summed E-state index contributed by atoms with van der Waals surface area (Å²) < 4.78 is 59.5. The van der Waals surface area contributed by atoms with Gasteiger partial charge in [0.05, 0.1) is 17.8 Å². The molecule has 0 saturated carbocycles. The van der Waals surface area contributed by atoms with Gasteiger partial charge >= 0.3 is 6.18 Å². The molecule has 0 aliphatic heterocycles. The van der Waals surface area contributed by atoms with Crippen LogP contribution in [0.25, 0.3) is 0 Å². The van der Waals surface area contributed by atoms with Crippen molar-refractivity contribution in [3.05, 3.63) is 80.5 Å². The van der Waals surface area contributed by atoms with Gasteiger partial charge in [0, 0.05) is 15.6 Å². The van der Waals surface area contributed by atoms with E-state index in [4.69, 9.17) is 27.9 Å². The van der Waals surface area contributed by atoms with Crippen molar-refractivity contribution in [1.82, 2.24) is 15.5 Å². The van der Waals surface area contributed by atoms with Crippen molar-refractivity contribution < 1.29 is 27.1 Å². The number of ether oxygens (including phenoxy) is 1. The molecule has 1 aromatic heterocycles. The summed E-state index contributed by atoms with van der Waals surface area (Å²) >= 11 is 11.9. The van der Waals surface area contributed by atoms with E-state index in [9.17, 15) is 22.4 Å². The molecule has 34 heavy (non-hydrogen) atoms. The predicted molar refractivity (Wildman–Crippen MR) is 118 cm³/mol. The zero-order valence-corrected chi connectivity index (χ0v) is 18.9. The molecule has 4 rings (SSSR count). The molecule has 1 atom stereocenters. The van der Waals surface area contributed by atoms with Crippen molar-refractivity contribution in [3.8, 4) is 11.6 Å². The van der Waals surface area contributed by atoms with E-state index in [2.05, 4.69) is 15.5 Å². The van der Waals surface area contributed by atoms with Crippen LogP contribution in [-0.4, -0.2) is 22.6 Å². The van der Waals surface area contributed by atoms with E-state index in [-0.39, 0.29) is 27.8 Å². The lowest BCUT2D eigenvalue weighted by atomic mass is 10.1. The van der Waals surface area contributed by atoms with E-state index >= 15 is 0 Å². The maximum atomic E-state index is 14.8. The van der Waals surface area contributed by atoms with Gasteiger partial charge in [-0.3, -0.25) is 4.79 Å². The molecular weight excluding hydrogens is 497 g/mol. The fraction of sp³-hybridized carbons (Fsp3) is 0.261. The van der Waals surface area contributed by atoms with Crippen LogP contribution in [0.3, 0.4) is 0 Å². The van der Waals surface area contributed by atoms with Gasteiger partial charge in [-0.2, -0.15) is 18.3 Å². The molecule has 11 heteroatoms. The van der Waals surface area contributed by atoms with Gasteiger partial charge in [-0.25, -0.2) is 4.39 Å². The second-order valence-electron chi connectivity index (χ2n) is 7.63. The molecule has 0 fully saturated rings. The first-order valence-corrected chi connectivity index (χ1v) is 11.0. The molecule has 1 N–H and O–H groups in total. The summed E-state index contributed by atoms with van der Waals surface area (Å²) in [6.07, 6.45) is -4.36. The van der Waals surface area contributed by atoms with Crippen LogP contribution in [0.2, 0.25) is 10.0 Å². The lowest BCUT2D eigenvalue weighted by Crippen LogP contribution is -2.29. The highest BCUT2D eigenvalue weighted by molar-refractivity contribution is 6.35. The van der Waals surface area contributed by atoms with Crippen molar-refractivity contribution >= 4 is 29.1 Å². The number of hydrogen-bond donors (Lipinski definition) is 1. The minimum atomic E-state index is -4.57. The summed E-state index contributed by atoms with van der Waals surface area (Å²) in [5.74, 6) is -1.09. The maximum Gasteiger partial charge on any atom is 0.416 e. The smallest absolute Gasteiger partial charge is 0.416 e. The molecule has 0 bridgehead atoms. The molecule has 0 spiro atoms. The van der Waals surface area contributed by atoms with Gasteiger partial charge in [-0.1, -0.05) is 35.3 Å². The number of hydrogen-bond acceptors (Lipinski definition) is 4. The first kappa shape index (κ1) is 24.2. The van der Waals surface area contributed by atoms with Crippen LogP contribution in [0.15, 0.2) is 42.5 Å². The minimum absolute atomic E-state index is 0.0225. The third-order valence-corrected chi connectivity index (χ3v) is 5.87. The number of nitrogens with one attached hydrogen (secondary N) is 1. The van der Waals surface area contributed by atoms with Crippen LogP contribution >= 0.6 is 23.2 Å². The van der Waals surface area contributed by atoms with Crippen LogP contribution in [-0.2, 0) is 19.0 Å². The first-order chi connectivity index (χ1) is 16.1. The van der Waals surface area contributed by atoms with Crippen LogP contribution < -0.4 is 10.1 Å². The highest BCUT2D eigenvalue weighted by atomic mass is 35.5. The molecule has 1 aliphatic carbocycles. The van der Waals surface area contributed by atoms with E-state index < -0.39 is 30.4 Å². The molecule has 178 valence electrons. The van der Waals surface area contributed by atoms with Crippen molar-refractivity contribution in [1.29, 1.82) is 0 Å². The monoisotopic (exact) mass is 513 g/mol. The Kier molecular flexibility index (Phi) is 6.95. The van der Waals surface area contributed by atoms with Crippen molar-refractivity contribution in [2.24, 2.45) is 0 Å². The second-order valence-corrected chi connectivity index (χ2v) is 8.47. The number of nitrogens with zero attached hydrogens (tertiary/aromatic N) is 2. The molecule has 5 nitrogen and oxygen atoms in total. The number of carbonyl (C=O) groups excluding carboxylic acids is 1. The zero-order valence-electron chi connectivity index (χ0n) is 17.4. The fourth-order valence-corrected chi connectivity index (χ4v) is 4.21. The summed E-state index contributed by atoms with van der Waals surface area (Å²) in [7, 11) is 0. The molecule has 3 aromatic rings. The van der Waals surface area contributed by atoms with Crippen LogP contribution in [0.1, 0.15) is 45.3 Å². The molecule has 1 aliphatic rings. The third-order valence-electron chi connectivity index (χ3n) is 5.31. The SMILES string of the molecule is O=C(NCC(F)c1ccc(Cl)cc1Cl)c1c(Oc2cccc(C(F)(F)F)c2)nnc2c1CCC2. The fourth-order valence-electron chi connectivity index (χ4n) is 3.68. The average molecular weight is 514 g/mol. The molecule has 1 unspecified atom stereocenters. The molecule has 1 amide bonds. The quantitative estimate of drug-likeness (QED) is 0.381. The molecule has 2 aromatic carbocycles. The summed E-state index contributed by atoms with van der Waals surface area (Å²) in [6, 6.07) is 8.50. The number of halogens is 6. The van der Waals surface area contributed by atoms with E-state index in [1.807, 2.05) is 0 Å². The van der Waals surface area contributed by atoms with Gasteiger partial charge in [0.1, 0.15) is 17.5 Å². The highest BCUT2D eigenvalue weighted by Crippen LogP contribution is 2.35. The Morgan fingerprint density at radius 1 is 1.12 bits per heavy atom. The Balaban J connectivity index is 1.58. The topological polar surface area (TPSA) is 64.1 Å². The zero-order chi connectivity index (χ0) is 24.5. The number of aromatic nitrogens is 2. The Morgan fingerprint density at radius 3 is 2.65 bits per heavy atom. The molecular formula is C23H17Cl2F4N3O2. The van der Waals surface area contributed by atoms with Gasteiger partial charge in [-0.05, 0) is 55.2 Å². The predicted octanol–water partition coefficient (Wildman–Crippen LogP) is 6.52. The van der Waals surface area contributed by atoms with Gasteiger partial charge in [-0.15, -0.1) is 5.10 Å². The summed E-state index contributed by atoms with van der Waals surface area (Å²) in [5.41, 5.74) is 0.443. The lowest BCUT2D eigenvalue weighted by molar-refractivity contribution is -0.137. The Hall–Kier alpha value is -2.91. The second kappa shape index (κ2) is 9.76. The average Bonchev–Trinajstić information content (AvgIpc) is 3.25. The van der Waals surface area contributed by atoms with Crippen molar-refractivity contribution in [3.63, 3.8) is 0 Å². The minimum Gasteiger partial charge on any atom is -0.437 e. The van der Waals surface area contributed by atoms with Crippen molar-refractivity contribution in [2.75, 3.05) is 6.54 Å². The largest absolute Gasteiger partial charge is 0.437 e. The van der Waals surface area contributed by atoms with Gasteiger partial charge in [0.2, 0.25) is 0 Å². The van der Waals surface area contributed by atoms with Crippen LogP contribution in [0.4, 0.5) is 17.6 Å². The van der Waals surface area contributed by atoms with E-state index in [1.54, 1.807) is 0 Å². The number of carbonyl (C=O) groups is 1. The maximum absolute atomic E-state index is 14.8. The lowest BCUT2D eigenvalue weighted by Gasteiger charge is -2.16. The Bertz CT molecular complexity index is 1240. The summed E-state index contributed by atoms with van der Waals surface area (Å²) in [5, 5.41) is 10.9. The van der Waals surface area contributed by atoms with E-state index in [1.165, 1.54) is 30.3 Å². The highest BCUT2D eigenvalue weighted by Gasteiger charge is 2.31. The number of fused-ring (bicyclic) bond motifs is 1. The molecule has 1 heterocycles. The van der Waals surface area contributed by atoms with E-state index in [0.29, 0.717) is 29.1 Å². The Morgan fingerprint density at radius 2 is 1.91 bits per heavy atom. The van der Waals surface area contributed by atoms with Crippen LogP contribution in [0, 0.1) is 0 Å². The number of rotatable bonds is 6. The molecule has 0 radical (unpaired) electrons. The standard InChI is InChI=1S/C23H17Cl2F4N3O2/c24-13-7-8-15(17(25)10-13)18(26)11-30-21(33)20-16-5-2-6-19(16)31-32-22(20)34-14-4-1-3-12(9-14)23(27,28)29/h1,3-4,7-10,18H,2,5-6,11H2,(H,30,33). The third kappa shape index (κ3) is 5.26.